The minimum Gasteiger partial charge on any atom is -0.298 e. The molecule has 120 valence electrons. The molecule has 0 aliphatic carbocycles. The van der Waals surface area contributed by atoms with E-state index in [9.17, 15) is 9.59 Å². The second-order valence-electron chi connectivity index (χ2n) is 4.05. The van der Waals surface area contributed by atoms with Crippen LogP contribution in [0.5, 0.6) is 0 Å². The van der Waals surface area contributed by atoms with Gasteiger partial charge in [-0.25, -0.2) is 9.59 Å². The van der Waals surface area contributed by atoms with Crippen molar-refractivity contribution in [2.24, 2.45) is 0 Å². The van der Waals surface area contributed by atoms with E-state index in [1.54, 1.807) is 0 Å². The van der Waals surface area contributed by atoms with Gasteiger partial charge in [0.25, 0.3) is 0 Å². The molecule has 0 bridgehead atoms. The fourth-order valence-electron chi connectivity index (χ4n) is 0.873. The highest BCUT2D eigenvalue weighted by atomic mass is 17.2. The van der Waals surface area contributed by atoms with Crippen LogP contribution in [0.1, 0.15) is 66.2 Å². The van der Waals surface area contributed by atoms with E-state index < -0.39 is 0 Å². The van der Waals surface area contributed by atoms with Crippen LogP contribution in [-0.2, 0) is 29.1 Å². The predicted molar refractivity (Wildman–Crippen MR) is 74.5 cm³/mol. The number of hydrogen-bond donors (Lipinski definition) is 0. The molecule has 20 heavy (non-hydrogen) atoms. The van der Waals surface area contributed by atoms with E-state index in [0.717, 1.165) is 25.7 Å². The molecular formula is C14H28O6. The summed E-state index contributed by atoms with van der Waals surface area (Å²) < 4.78 is 0. The molecule has 0 saturated heterocycles. The molecule has 0 unspecified atom stereocenters. The maximum atomic E-state index is 10.6. The molecule has 0 fully saturated rings. The lowest BCUT2D eigenvalue weighted by Gasteiger charge is -1.99. The zero-order chi connectivity index (χ0) is 15.6. The van der Waals surface area contributed by atoms with Crippen LogP contribution >= 0.6 is 0 Å². The van der Waals surface area contributed by atoms with Crippen LogP contribution in [-0.4, -0.2) is 25.2 Å². The highest BCUT2D eigenvalue weighted by molar-refractivity contribution is 5.68. The Bertz CT molecular complexity index is 206. The van der Waals surface area contributed by atoms with Gasteiger partial charge in [0.15, 0.2) is 0 Å². The first kappa shape index (κ1) is 21.2. The minimum absolute atomic E-state index is 0.282. The van der Waals surface area contributed by atoms with Gasteiger partial charge >= 0.3 is 11.9 Å². The molecule has 0 radical (unpaired) electrons. The van der Waals surface area contributed by atoms with Gasteiger partial charge in [-0.15, -0.1) is 0 Å². The Balaban J connectivity index is 0. The first-order valence-electron chi connectivity index (χ1n) is 7.26. The van der Waals surface area contributed by atoms with Crippen molar-refractivity contribution < 1.29 is 29.1 Å². The van der Waals surface area contributed by atoms with Gasteiger partial charge in [0, 0.05) is 12.8 Å². The fourth-order valence-corrected chi connectivity index (χ4v) is 0.873. The Labute approximate surface area is 121 Å². The van der Waals surface area contributed by atoms with Gasteiger partial charge in [0.05, 0.1) is 13.2 Å². The standard InChI is InChI=1S/2C7H14O3/c2*1-3-5-7(8)10-9-6-4-2/h2*3-6H2,1-2H3. The van der Waals surface area contributed by atoms with Crippen LogP contribution in [0, 0.1) is 0 Å². The Kier molecular flexibility index (Phi) is 18.9. The second kappa shape index (κ2) is 17.9. The summed E-state index contributed by atoms with van der Waals surface area (Å²) in [7, 11) is 0. The molecule has 0 aromatic rings. The fraction of sp³-hybridized carbons (Fsp3) is 0.857. The minimum atomic E-state index is -0.282. The van der Waals surface area contributed by atoms with Crippen LogP contribution in [0.2, 0.25) is 0 Å². The summed E-state index contributed by atoms with van der Waals surface area (Å²) in [5, 5.41) is 0. The van der Waals surface area contributed by atoms with Gasteiger partial charge < -0.3 is 0 Å². The van der Waals surface area contributed by atoms with Crippen molar-refractivity contribution in [2.45, 2.75) is 66.2 Å². The van der Waals surface area contributed by atoms with Crippen molar-refractivity contribution in [2.75, 3.05) is 13.2 Å². The molecule has 0 aromatic carbocycles. The summed E-state index contributed by atoms with van der Waals surface area (Å²) in [6, 6.07) is 0. The average molecular weight is 292 g/mol. The third kappa shape index (κ3) is 19.2. The highest BCUT2D eigenvalue weighted by Crippen LogP contribution is 1.92. The SMILES string of the molecule is CCCOOC(=O)CCC.CCCOOC(=O)CCC. The van der Waals surface area contributed by atoms with E-state index in [1.165, 1.54) is 0 Å². The number of carbonyl (C=O) groups is 2. The Hall–Kier alpha value is -1.14. The van der Waals surface area contributed by atoms with E-state index in [-0.39, 0.29) is 11.9 Å². The molecule has 0 N–H and O–H groups in total. The lowest BCUT2D eigenvalue weighted by atomic mass is 10.3. The topological polar surface area (TPSA) is 71.1 Å². The summed E-state index contributed by atoms with van der Waals surface area (Å²) in [4.78, 5) is 39.0. The van der Waals surface area contributed by atoms with E-state index in [1.807, 2.05) is 27.7 Å². The molecule has 6 nitrogen and oxygen atoms in total. The van der Waals surface area contributed by atoms with Crippen LogP contribution < -0.4 is 0 Å². The maximum Gasteiger partial charge on any atom is 0.342 e. The summed E-state index contributed by atoms with van der Waals surface area (Å²) in [6.45, 7) is 8.70. The van der Waals surface area contributed by atoms with Crippen molar-refractivity contribution >= 4 is 11.9 Å². The molecule has 0 aliphatic heterocycles. The summed E-state index contributed by atoms with van der Waals surface area (Å²) in [6.07, 6.45) is 4.19. The summed E-state index contributed by atoms with van der Waals surface area (Å²) in [5.74, 6) is -0.563. The Morgan fingerprint density at radius 1 is 0.650 bits per heavy atom. The molecular weight excluding hydrogens is 264 g/mol. The maximum absolute atomic E-state index is 10.6. The summed E-state index contributed by atoms with van der Waals surface area (Å²) >= 11 is 0. The van der Waals surface area contributed by atoms with E-state index >= 15 is 0 Å². The molecule has 6 heteroatoms. The molecule has 0 rings (SSSR count). The number of hydrogen-bond acceptors (Lipinski definition) is 6. The monoisotopic (exact) mass is 292 g/mol. The van der Waals surface area contributed by atoms with E-state index in [2.05, 4.69) is 19.6 Å². The quantitative estimate of drug-likeness (QED) is 0.349. The lowest BCUT2D eigenvalue weighted by molar-refractivity contribution is -0.272. The smallest absolute Gasteiger partial charge is 0.298 e. The molecule has 0 aliphatic rings. The van der Waals surface area contributed by atoms with Gasteiger partial charge in [-0.05, 0) is 25.7 Å². The number of carbonyl (C=O) groups excluding carboxylic acids is 2. The molecule has 0 spiro atoms. The molecule has 0 aromatic heterocycles. The normalized spacial score (nSPS) is 9.40. The molecule has 0 heterocycles. The van der Waals surface area contributed by atoms with Gasteiger partial charge in [-0.2, -0.15) is 9.78 Å². The molecule has 0 atom stereocenters. The Morgan fingerprint density at radius 2 is 1.00 bits per heavy atom. The van der Waals surface area contributed by atoms with Gasteiger partial charge in [0.1, 0.15) is 0 Å². The molecule has 0 amide bonds. The van der Waals surface area contributed by atoms with Crippen LogP contribution in [0.3, 0.4) is 0 Å². The average Bonchev–Trinajstić information content (AvgIpc) is 2.41. The second-order valence-corrected chi connectivity index (χ2v) is 4.05. The van der Waals surface area contributed by atoms with Crippen LogP contribution in [0.15, 0.2) is 0 Å². The third-order valence-electron chi connectivity index (χ3n) is 1.79. The van der Waals surface area contributed by atoms with Crippen molar-refractivity contribution in [1.29, 1.82) is 0 Å². The zero-order valence-electron chi connectivity index (χ0n) is 13.1. The summed E-state index contributed by atoms with van der Waals surface area (Å²) in [5.41, 5.74) is 0. The van der Waals surface area contributed by atoms with Crippen LogP contribution in [0.4, 0.5) is 0 Å². The van der Waals surface area contributed by atoms with Crippen molar-refractivity contribution in [3.63, 3.8) is 0 Å². The largest absolute Gasteiger partial charge is 0.342 e. The van der Waals surface area contributed by atoms with Crippen molar-refractivity contribution in [3.8, 4) is 0 Å². The highest BCUT2D eigenvalue weighted by Gasteiger charge is 2.00. The van der Waals surface area contributed by atoms with Gasteiger partial charge in [0.2, 0.25) is 0 Å². The Morgan fingerprint density at radius 3 is 1.25 bits per heavy atom. The lowest BCUT2D eigenvalue weighted by Crippen LogP contribution is -2.04. The number of rotatable bonds is 10. The first-order chi connectivity index (χ1) is 9.62. The third-order valence-corrected chi connectivity index (χ3v) is 1.79. The predicted octanol–water partition coefficient (Wildman–Crippen LogP) is 3.34. The van der Waals surface area contributed by atoms with Gasteiger partial charge in [-0.1, -0.05) is 27.7 Å². The van der Waals surface area contributed by atoms with Crippen molar-refractivity contribution in [1.82, 2.24) is 0 Å². The zero-order valence-corrected chi connectivity index (χ0v) is 13.1. The first-order valence-corrected chi connectivity index (χ1v) is 7.26. The van der Waals surface area contributed by atoms with E-state index in [0.29, 0.717) is 26.1 Å². The van der Waals surface area contributed by atoms with Crippen molar-refractivity contribution in [3.05, 3.63) is 0 Å². The van der Waals surface area contributed by atoms with E-state index in [4.69, 9.17) is 0 Å². The molecule has 0 saturated carbocycles. The van der Waals surface area contributed by atoms with Crippen LogP contribution in [0.25, 0.3) is 0 Å². The van der Waals surface area contributed by atoms with Gasteiger partial charge in [-0.3, -0.25) is 9.78 Å².